The van der Waals surface area contributed by atoms with E-state index in [1.54, 1.807) is 30.1 Å². The molecular weight excluding hydrogens is 540 g/mol. The van der Waals surface area contributed by atoms with Gasteiger partial charge >= 0.3 is 0 Å². The number of carbonyl (C=O) groups is 2. The van der Waals surface area contributed by atoms with E-state index in [1.165, 1.54) is 0 Å². The van der Waals surface area contributed by atoms with Crippen LogP contribution < -0.4 is 20.3 Å². The maximum Gasteiger partial charge on any atom is 0.258 e. The molecular formula is C30H34N6O4S. The van der Waals surface area contributed by atoms with Crippen LogP contribution in [0.5, 0.6) is 0 Å². The zero-order chi connectivity index (χ0) is 29.1. The number of hydrogen-bond acceptors (Lipinski definition) is 7. The Kier molecular flexibility index (Phi) is 8.11. The van der Waals surface area contributed by atoms with Gasteiger partial charge in [-0.25, -0.2) is 8.42 Å². The number of anilines is 4. The first-order valence-corrected chi connectivity index (χ1v) is 15.2. The highest BCUT2D eigenvalue weighted by Gasteiger charge is 2.29. The quantitative estimate of drug-likeness (QED) is 0.354. The molecule has 214 valence electrons. The number of nitrogens with zero attached hydrogens (tertiary/aromatic N) is 3. The van der Waals surface area contributed by atoms with Gasteiger partial charge in [0.2, 0.25) is 15.9 Å². The fraction of sp³-hybridized carbons (Fsp3) is 0.267. The Bertz CT molecular complexity index is 1580. The molecule has 41 heavy (non-hydrogen) atoms. The third-order valence-corrected chi connectivity index (χ3v) is 7.84. The minimum atomic E-state index is -3.49. The third kappa shape index (κ3) is 6.76. The normalized spacial score (nSPS) is 17.0. The summed E-state index contributed by atoms with van der Waals surface area (Å²) >= 11 is 0. The number of benzene rings is 3. The van der Waals surface area contributed by atoms with E-state index in [4.69, 9.17) is 0 Å². The summed E-state index contributed by atoms with van der Waals surface area (Å²) in [6.45, 7) is 4.03. The van der Waals surface area contributed by atoms with Gasteiger partial charge in [0.15, 0.2) is 0 Å². The van der Waals surface area contributed by atoms with Crippen LogP contribution in [-0.2, 0) is 19.6 Å². The minimum absolute atomic E-state index is 0.0279. The van der Waals surface area contributed by atoms with Crippen LogP contribution in [-0.4, -0.2) is 83.1 Å². The summed E-state index contributed by atoms with van der Waals surface area (Å²) in [5.74, 6) is -0.270. The van der Waals surface area contributed by atoms with E-state index in [-0.39, 0.29) is 11.8 Å². The summed E-state index contributed by atoms with van der Waals surface area (Å²) in [6.07, 6.45) is 1.08. The molecule has 5 rings (SSSR count). The highest BCUT2D eigenvalue weighted by Crippen LogP contribution is 2.39. The molecule has 3 aromatic carbocycles. The monoisotopic (exact) mass is 574 g/mol. The smallest absolute Gasteiger partial charge is 0.258 e. The zero-order valence-corrected chi connectivity index (χ0v) is 24.2. The van der Waals surface area contributed by atoms with Crippen LogP contribution in [0.15, 0.2) is 72.8 Å². The van der Waals surface area contributed by atoms with Crippen molar-refractivity contribution in [3.8, 4) is 0 Å². The summed E-state index contributed by atoms with van der Waals surface area (Å²) < 4.78 is 26.1. The Morgan fingerprint density at radius 1 is 0.951 bits per heavy atom. The van der Waals surface area contributed by atoms with E-state index in [2.05, 4.69) is 32.2 Å². The largest absolute Gasteiger partial charge is 0.354 e. The predicted octanol–water partition coefficient (Wildman–Crippen LogP) is 3.20. The summed E-state index contributed by atoms with van der Waals surface area (Å²) in [6, 6.07) is 21.9. The van der Waals surface area contributed by atoms with Crippen molar-refractivity contribution in [1.82, 2.24) is 9.80 Å². The van der Waals surface area contributed by atoms with Crippen LogP contribution in [0.25, 0.3) is 11.3 Å². The summed E-state index contributed by atoms with van der Waals surface area (Å²) in [7, 11) is 0.372. The van der Waals surface area contributed by atoms with Crippen LogP contribution in [0.4, 0.5) is 22.7 Å². The molecule has 3 aromatic rings. The van der Waals surface area contributed by atoms with Crippen LogP contribution >= 0.6 is 0 Å². The Labute approximate surface area is 240 Å². The van der Waals surface area contributed by atoms with Crippen molar-refractivity contribution in [1.29, 1.82) is 0 Å². The van der Waals surface area contributed by atoms with E-state index in [0.717, 1.165) is 49.4 Å². The molecule has 0 aromatic heterocycles. The van der Waals surface area contributed by atoms with Crippen LogP contribution in [0.1, 0.15) is 11.1 Å². The molecule has 2 aliphatic rings. The average molecular weight is 575 g/mol. The molecule has 2 amide bonds. The van der Waals surface area contributed by atoms with Crippen LogP contribution in [0.3, 0.4) is 0 Å². The lowest BCUT2D eigenvalue weighted by molar-refractivity contribution is -0.119. The Morgan fingerprint density at radius 3 is 2.27 bits per heavy atom. The molecule has 0 saturated carbocycles. The summed E-state index contributed by atoms with van der Waals surface area (Å²) in [5, 5.41) is 6.29. The molecule has 0 bridgehead atoms. The summed E-state index contributed by atoms with van der Waals surface area (Å²) in [4.78, 5) is 32.3. The number of likely N-dealkylation sites (N-methyl/N-ethyl adjacent to an activating group) is 2. The number of rotatable bonds is 8. The third-order valence-electron chi connectivity index (χ3n) is 7.23. The molecule has 11 heteroatoms. The maximum absolute atomic E-state index is 13.2. The Balaban J connectivity index is 1.42. The fourth-order valence-electron chi connectivity index (χ4n) is 4.94. The van der Waals surface area contributed by atoms with Gasteiger partial charge in [0.1, 0.15) is 0 Å². The van der Waals surface area contributed by atoms with E-state index in [9.17, 15) is 18.0 Å². The topological polar surface area (TPSA) is 114 Å². The number of nitrogens with one attached hydrogen (secondary N) is 3. The highest BCUT2D eigenvalue weighted by molar-refractivity contribution is 7.92. The molecule has 1 fully saturated rings. The Morgan fingerprint density at radius 2 is 1.61 bits per heavy atom. The number of hydrogen-bond donors (Lipinski definition) is 3. The molecule has 3 N–H and O–H groups in total. The molecule has 2 aliphatic heterocycles. The highest BCUT2D eigenvalue weighted by atomic mass is 32.2. The predicted molar refractivity (Wildman–Crippen MR) is 164 cm³/mol. The zero-order valence-electron chi connectivity index (χ0n) is 23.3. The van der Waals surface area contributed by atoms with Crippen molar-refractivity contribution in [3.63, 3.8) is 0 Å². The van der Waals surface area contributed by atoms with E-state index in [1.807, 2.05) is 54.6 Å². The molecule has 10 nitrogen and oxygen atoms in total. The number of sulfonamides is 1. The first-order chi connectivity index (χ1) is 19.6. The van der Waals surface area contributed by atoms with Crippen molar-refractivity contribution in [3.05, 3.63) is 83.9 Å². The van der Waals surface area contributed by atoms with Gasteiger partial charge in [-0.3, -0.25) is 19.2 Å². The van der Waals surface area contributed by atoms with Crippen molar-refractivity contribution < 1.29 is 18.0 Å². The number of amides is 2. The van der Waals surface area contributed by atoms with Crippen LogP contribution in [0.2, 0.25) is 0 Å². The average Bonchev–Trinajstić information content (AvgIpc) is 3.27. The summed E-state index contributed by atoms with van der Waals surface area (Å²) in [5.41, 5.74) is 4.79. The van der Waals surface area contributed by atoms with Crippen molar-refractivity contribution in [2.24, 2.45) is 0 Å². The SMILES string of the molecule is CN1CCN(CC(=O)N(C)c2ccc(N/C(=C3\C(=O)Nc4ccc(NS(C)(=O)=O)cc43)c3ccccc3)cc2)CC1. The fourth-order valence-corrected chi connectivity index (χ4v) is 5.49. The molecule has 0 aliphatic carbocycles. The minimum Gasteiger partial charge on any atom is -0.354 e. The molecule has 1 saturated heterocycles. The van der Waals surface area contributed by atoms with Gasteiger partial charge in [-0.1, -0.05) is 30.3 Å². The maximum atomic E-state index is 13.2. The van der Waals surface area contributed by atoms with Crippen molar-refractivity contribution in [2.75, 3.05) is 73.3 Å². The molecule has 0 spiro atoms. The molecule has 0 atom stereocenters. The van der Waals surface area contributed by atoms with Crippen molar-refractivity contribution >= 4 is 55.9 Å². The van der Waals surface area contributed by atoms with E-state index < -0.39 is 10.0 Å². The second kappa shape index (κ2) is 11.7. The number of fused-ring (bicyclic) bond motifs is 1. The lowest BCUT2D eigenvalue weighted by atomic mass is 9.99. The van der Waals surface area contributed by atoms with Gasteiger partial charge in [0.25, 0.3) is 5.91 Å². The lowest BCUT2D eigenvalue weighted by Crippen LogP contribution is -2.48. The number of carbonyl (C=O) groups excluding carboxylic acids is 2. The Hall–Kier alpha value is -4.19. The molecule has 2 heterocycles. The lowest BCUT2D eigenvalue weighted by Gasteiger charge is -2.32. The standard InChI is InChI=1S/C30H34N6O4S/c1-34-15-17-36(18-16-34)20-27(37)35(2)24-12-9-22(10-13-24)31-29(21-7-5-4-6-8-21)28-25-19-23(33-41(3,39)40)11-14-26(25)32-30(28)38/h4-14,19,31,33H,15-18,20H2,1-3H3,(H,32,38)/b29-28-. The molecule has 0 radical (unpaired) electrons. The van der Waals surface area contributed by atoms with Gasteiger partial charge in [-0.15, -0.1) is 0 Å². The second-order valence-electron chi connectivity index (χ2n) is 10.4. The number of piperazine rings is 1. The van der Waals surface area contributed by atoms with Gasteiger partial charge < -0.3 is 20.4 Å². The van der Waals surface area contributed by atoms with Gasteiger partial charge in [0, 0.05) is 61.5 Å². The van der Waals surface area contributed by atoms with E-state index in [0.29, 0.717) is 34.8 Å². The van der Waals surface area contributed by atoms with Crippen LogP contribution in [0, 0.1) is 0 Å². The van der Waals surface area contributed by atoms with Gasteiger partial charge in [-0.2, -0.15) is 0 Å². The first kappa shape index (κ1) is 28.3. The first-order valence-electron chi connectivity index (χ1n) is 13.4. The molecule has 0 unspecified atom stereocenters. The van der Waals surface area contributed by atoms with E-state index >= 15 is 0 Å². The van der Waals surface area contributed by atoms with Crippen molar-refractivity contribution in [2.45, 2.75) is 0 Å². The van der Waals surface area contributed by atoms with Gasteiger partial charge in [-0.05, 0) is 55.1 Å². The second-order valence-corrected chi connectivity index (χ2v) is 12.2. The van der Waals surface area contributed by atoms with Gasteiger partial charge in [0.05, 0.1) is 24.1 Å².